The van der Waals surface area contributed by atoms with Gasteiger partial charge in [0.25, 0.3) is 0 Å². The molecule has 1 aromatic carbocycles. The number of benzene rings is 1. The van der Waals surface area contributed by atoms with E-state index >= 15 is 0 Å². The quantitative estimate of drug-likeness (QED) is 0.905. The maximum atomic E-state index is 12.0. The highest BCUT2D eigenvalue weighted by Crippen LogP contribution is 2.23. The number of nitrogens with zero attached hydrogens (tertiary/aromatic N) is 2. The van der Waals surface area contributed by atoms with Crippen molar-refractivity contribution < 1.29 is 9.90 Å². The molecule has 0 radical (unpaired) electrons. The lowest BCUT2D eigenvalue weighted by Crippen LogP contribution is -2.44. The van der Waals surface area contributed by atoms with Crippen LogP contribution in [0.25, 0.3) is 0 Å². The molecule has 102 valence electrons. The lowest BCUT2D eigenvalue weighted by molar-refractivity contribution is -0.133. The van der Waals surface area contributed by atoms with E-state index < -0.39 is 5.60 Å². The molecule has 1 aliphatic heterocycles. The van der Waals surface area contributed by atoms with Crippen molar-refractivity contribution in [1.82, 2.24) is 5.01 Å². The molecule has 1 aliphatic rings. The molecule has 1 heterocycles. The molecule has 0 fully saturated rings. The van der Waals surface area contributed by atoms with Crippen LogP contribution >= 0.6 is 0 Å². The Morgan fingerprint density at radius 2 is 2.00 bits per heavy atom. The minimum atomic E-state index is -0.991. The van der Waals surface area contributed by atoms with Crippen molar-refractivity contribution in [1.29, 1.82) is 0 Å². The average molecular weight is 260 g/mol. The summed E-state index contributed by atoms with van der Waals surface area (Å²) < 4.78 is 0. The first-order valence-electron chi connectivity index (χ1n) is 6.53. The lowest BCUT2D eigenvalue weighted by atomic mass is 9.88. The van der Waals surface area contributed by atoms with Crippen LogP contribution in [0.3, 0.4) is 0 Å². The summed E-state index contributed by atoms with van der Waals surface area (Å²) in [5.74, 6) is -0.0103. The largest absolute Gasteiger partial charge is 0.384 e. The van der Waals surface area contributed by atoms with Gasteiger partial charge in [0.05, 0.1) is 17.9 Å². The zero-order chi connectivity index (χ0) is 14.0. The van der Waals surface area contributed by atoms with E-state index in [4.69, 9.17) is 0 Å². The number of hydrazone groups is 1. The van der Waals surface area contributed by atoms with Gasteiger partial charge in [-0.1, -0.05) is 37.3 Å². The Labute approximate surface area is 113 Å². The Kier molecular flexibility index (Phi) is 3.71. The Bertz CT molecular complexity index is 489. The Morgan fingerprint density at radius 1 is 1.37 bits per heavy atom. The van der Waals surface area contributed by atoms with E-state index in [9.17, 15) is 9.90 Å². The van der Waals surface area contributed by atoms with Gasteiger partial charge in [0.1, 0.15) is 0 Å². The van der Waals surface area contributed by atoms with Crippen LogP contribution in [0.1, 0.15) is 32.8 Å². The topological polar surface area (TPSA) is 52.9 Å². The summed E-state index contributed by atoms with van der Waals surface area (Å²) in [7, 11) is 0. The molecule has 1 amide bonds. The van der Waals surface area contributed by atoms with Crippen molar-refractivity contribution >= 4 is 11.6 Å². The van der Waals surface area contributed by atoms with E-state index in [1.165, 1.54) is 5.01 Å². The maximum absolute atomic E-state index is 12.0. The van der Waals surface area contributed by atoms with Crippen molar-refractivity contribution in [2.45, 2.75) is 39.3 Å². The summed E-state index contributed by atoms with van der Waals surface area (Å²) >= 11 is 0. The molecule has 0 aromatic heterocycles. The second kappa shape index (κ2) is 5.13. The highest BCUT2D eigenvalue weighted by Gasteiger charge is 2.34. The van der Waals surface area contributed by atoms with E-state index in [2.05, 4.69) is 5.10 Å². The minimum Gasteiger partial charge on any atom is -0.384 e. The second-order valence-corrected chi connectivity index (χ2v) is 5.59. The van der Waals surface area contributed by atoms with Crippen LogP contribution in [0.2, 0.25) is 0 Å². The molecule has 2 rings (SSSR count). The smallest absolute Gasteiger partial charge is 0.243 e. The molecule has 1 N–H and O–H groups in total. The molecule has 0 spiro atoms. The molecular formula is C15H20N2O2. The van der Waals surface area contributed by atoms with E-state index in [-0.39, 0.29) is 11.8 Å². The van der Waals surface area contributed by atoms with Gasteiger partial charge in [-0.3, -0.25) is 4.79 Å². The van der Waals surface area contributed by atoms with Gasteiger partial charge in [-0.15, -0.1) is 0 Å². The molecule has 0 saturated heterocycles. The Hall–Kier alpha value is -1.68. The number of rotatable bonds is 3. The zero-order valence-corrected chi connectivity index (χ0v) is 11.6. The first-order chi connectivity index (χ1) is 8.88. The molecular weight excluding hydrogens is 240 g/mol. The van der Waals surface area contributed by atoms with Crippen molar-refractivity contribution in [3.63, 3.8) is 0 Å². The number of carbonyl (C=O) groups is 1. The van der Waals surface area contributed by atoms with Gasteiger partial charge in [0.15, 0.2) is 0 Å². The highest BCUT2D eigenvalue weighted by molar-refractivity contribution is 5.98. The third kappa shape index (κ3) is 3.20. The number of amides is 1. The third-order valence-electron chi connectivity index (χ3n) is 3.27. The van der Waals surface area contributed by atoms with Crippen LogP contribution in [-0.2, 0) is 11.3 Å². The summed E-state index contributed by atoms with van der Waals surface area (Å²) in [5, 5.41) is 15.9. The number of hydrogen-bond acceptors (Lipinski definition) is 3. The summed E-state index contributed by atoms with van der Waals surface area (Å²) in [4.78, 5) is 12.0. The summed E-state index contributed by atoms with van der Waals surface area (Å²) in [6, 6.07) is 9.74. The van der Waals surface area contributed by atoms with Crippen LogP contribution in [-0.4, -0.2) is 27.3 Å². The Balaban J connectivity index is 2.24. The predicted molar refractivity (Wildman–Crippen MR) is 74.5 cm³/mol. The van der Waals surface area contributed by atoms with E-state index in [0.29, 0.717) is 18.7 Å². The fourth-order valence-electron chi connectivity index (χ4n) is 2.35. The monoisotopic (exact) mass is 260 g/mol. The van der Waals surface area contributed by atoms with Crippen LogP contribution in [0.15, 0.2) is 35.4 Å². The first-order valence-corrected chi connectivity index (χ1v) is 6.53. The first kappa shape index (κ1) is 13.7. The maximum Gasteiger partial charge on any atom is 0.243 e. The van der Waals surface area contributed by atoms with Crippen LogP contribution in [0, 0.1) is 5.92 Å². The van der Waals surface area contributed by atoms with Crippen molar-refractivity contribution in [3.8, 4) is 0 Å². The second-order valence-electron chi connectivity index (χ2n) is 5.59. The summed E-state index contributed by atoms with van der Waals surface area (Å²) in [5.41, 5.74) is 0.710. The van der Waals surface area contributed by atoms with Crippen molar-refractivity contribution in [3.05, 3.63) is 35.9 Å². The molecule has 4 heteroatoms. The standard InChI is InChI=1S/C15H20N2O2/c1-11-9-13(18)17(16-14(11)15(2,3)19)10-12-7-5-4-6-8-12/h4-8,11,19H,9-10H2,1-3H3/t11-/m1/s1. The minimum absolute atomic E-state index is 0.00403. The van der Waals surface area contributed by atoms with Gasteiger partial charge in [-0.2, -0.15) is 5.10 Å². The summed E-state index contributed by atoms with van der Waals surface area (Å²) in [6.07, 6.45) is 0.398. The molecule has 0 saturated carbocycles. The number of hydrogen-bond donors (Lipinski definition) is 1. The predicted octanol–water partition coefficient (Wildman–Crippen LogP) is 2.18. The summed E-state index contributed by atoms with van der Waals surface area (Å²) in [6.45, 7) is 5.79. The zero-order valence-electron chi connectivity index (χ0n) is 11.6. The third-order valence-corrected chi connectivity index (χ3v) is 3.27. The van der Waals surface area contributed by atoms with Crippen LogP contribution in [0.5, 0.6) is 0 Å². The van der Waals surface area contributed by atoms with Gasteiger partial charge < -0.3 is 5.11 Å². The van der Waals surface area contributed by atoms with E-state index in [1.807, 2.05) is 37.3 Å². The molecule has 1 aromatic rings. The fourth-order valence-corrected chi connectivity index (χ4v) is 2.35. The normalized spacial score (nSPS) is 20.4. The SMILES string of the molecule is C[C@@H]1CC(=O)N(Cc2ccccc2)N=C1C(C)(C)O. The van der Waals surface area contributed by atoms with Gasteiger partial charge in [-0.05, 0) is 19.4 Å². The van der Waals surface area contributed by atoms with Gasteiger partial charge in [0.2, 0.25) is 5.91 Å². The highest BCUT2D eigenvalue weighted by atomic mass is 16.3. The van der Waals surface area contributed by atoms with Crippen molar-refractivity contribution in [2.75, 3.05) is 0 Å². The molecule has 4 nitrogen and oxygen atoms in total. The van der Waals surface area contributed by atoms with E-state index in [1.54, 1.807) is 13.8 Å². The molecule has 0 unspecified atom stereocenters. The Morgan fingerprint density at radius 3 is 2.58 bits per heavy atom. The fraction of sp³-hybridized carbons (Fsp3) is 0.467. The molecule has 0 bridgehead atoms. The van der Waals surface area contributed by atoms with Gasteiger partial charge in [0, 0.05) is 12.3 Å². The number of carbonyl (C=O) groups excluding carboxylic acids is 1. The molecule has 0 aliphatic carbocycles. The van der Waals surface area contributed by atoms with Crippen molar-refractivity contribution in [2.24, 2.45) is 11.0 Å². The number of aliphatic hydroxyl groups is 1. The lowest BCUT2D eigenvalue weighted by Gasteiger charge is -2.32. The molecule has 1 atom stereocenters. The van der Waals surface area contributed by atoms with Gasteiger partial charge >= 0.3 is 0 Å². The average Bonchev–Trinajstić information content (AvgIpc) is 2.32. The van der Waals surface area contributed by atoms with Crippen LogP contribution in [0.4, 0.5) is 0 Å². The van der Waals surface area contributed by atoms with Gasteiger partial charge in [-0.25, -0.2) is 5.01 Å². The molecule has 19 heavy (non-hydrogen) atoms. The van der Waals surface area contributed by atoms with E-state index in [0.717, 1.165) is 5.56 Å². The van der Waals surface area contributed by atoms with Crippen LogP contribution < -0.4 is 0 Å².